The molecule has 4 nitrogen and oxygen atoms in total. The molecule has 2 fully saturated rings. The van der Waals surface area contributed by atoms with E-state index in [4.69, 9.17) is 16.3 Å². The van der Waals surface area contributed by atoms with Crippen molar-refractivity contribution >= 4 is 17.5 Å². The number of carbonyl (C=O) groups is 1. The summed E-state index contributed by atoms with van der Waals surface area (Å²) >= 11 is 6.11. The topological polar surface area (TPSA) is 32.8 Å². The largest absolute Gasteiger partial charge is 0.379 e. The lowest BCUT2D eigenvalue weighted by Crippen LogP contribution is -2.50. The van der Waals surface area contributed by atoms with Gasteiger partial charge >= 0.3 is 0 Å². The van der Waals surface area contributed by atoms with Gasteiger partial charge in [-0.1, -0.05) is 29.8 Å². The number of benzene rings is 1. The van der Waals surface area contributed by atoms with Crippen molar-refractivity contribution in [2.75, 3.05) is 39.4 Å². The molecule has 0 spiro atoms. The summed E-state index contributed by atoms with van der Waals surface area (Å²) in [6, 6.07) is 8.05. The van der Waals surface area contributed by atoms with Crippen molar-refractivity contribution in [3.05, 3.63) is 41.3 Å². The van der Waals surface area contributed by atoms with E-state index < -0.39 is 0 Å². The van der Waals surface area contributed by atoms with Gasteiger partial charge in [-0.15, -0.1) is 0 Å². The lowest BCUT2D eigenvalue weighted by Gasteiger charge is -2.40. The molecular formula is C17H22ClN2O2. The molecule has 1 aromatic rings. The number of rotatable bonds is 3. The minimum absolute atomic E-state index is 0.0635. The van der Waals surface area contributed by atoms with Gasteiger partial charge in [0.05, 0.1) is 19.6 Å². The Bertz CT molecular complexity index is 509. The molecule has 0 unspecified atom stereocenters. The van der Waals surface area contributed by atoms with Crippen molar-refractivity contribution in [2.24, 2.45) is 0 Å². The smallest absolute Gasteiger partial charge is 0.231 e. The van der Waals surface area contributed by atoms with Crippen molar-refractivity contribution in [2.45, 2.75) is 18.9 Å². The van der Waals surface area contributed by atoms with Gasteiger partial charge in [-0.05, 0) is 24.5 Å². The van der Waals surface area contributed by atoms with Gasteiger partial charge in [0.15, 0.2) is 0 Å². The molecule has 2 aliphatic rings. The maximum Gasteiger partial charge on any atom is 0.231 e. The first-order chi connectivity index (χ1) is 10.7. The van der Waals surface area contributed by atoms with E-state index in [1.54, 1.807) is 6.42 Å². The fraction of sp³-hybridized carbons (Fsp3) is 0.529. The number of piperidine rings is 1. The van der Waals surface area contributed by atoms with Gasteiger partial charge in [-0.2, -0.15) is 0 Å². The molecule has 2 saturated heterocycles. The Kier molecular flexibility index (Phi) is 5.34. The zero-order valence-electron chi connectivity index (χ0n) is 12.7. The highest BCUT2D eigenvalue weighted by atomic mass is 35.5. The molecule has 1 aromatic carbocycles. The van der Waals surface area contributed by atoms with Crippen LogP contribution in [0.4, 0.5) is 0 Å². The second kappa shape index (κ2) is 7.44. The minimum Gasteiger partial charge on any atom is -0.379 e. The number of nitrogens with zero attached hydrogens (tertiary/aromatic N) is 2. The summed E-state index contributed by atoms with van der Waals surface area (Å²) in [6.45, 7) is 5.34. The molecule has 5 heteroatoms. The van der Waals surface area contributed by atoms with Gasteiger partial charge in [0.2, 0.25) is 5.91 Å². The van der Waals surface area contributed by atoms with Crippen molar-refractivity contribution in [3.8, 4) is 0 Å². The molecule has 0 saturated carbocycles. The van der Waals surface area contributed by atoms with Crippen LogP contribution in [-0.4, -0.2) is 61.1 Å². The summed E-state index contributed by atoms with van der Waals surface area (Å²) in [7, 11) is 0. The number of carbonyl (C=O) groups excluding carboxylic acids is 1. The first-order valence-corrected chi connectivity index (χ1v) is 8.32. The zero-order chi connectivity index (χ0) is 15.4. The summed E-state index contributed by atoms with van der Waals surface area (Å²) in [4.78, 5) is 16.8. The second-order valence-corrected chi connectivity index (χ2v) is 6.28. The van der Waals surface area contributed by atoms with Gasteiger partial charge in [0, 0.05) is 37.2 Å². The van der Waals surface area contributed by atoms with Crippen LogP contribution in [0.25, 0.3) is 0 Å². The number of hydrogen-bond acceptors (Lipinski definition) is 3. The monoisotopic (exact) mass is 321 g/mol. The van der Waals surface area contributed by atoms with E-state index in [0.29, 0.717) is 11.1 Å². The minimum atomic E-state index is 0.0635. The van der Waals surface area contributed by atoms with E-state index in [2.05, 4.69) is 4.90 Å². The van der Waals surface area contributed by atoms with Gasteiger partial charge in [0.25, 0.3) is 0 Å². The highest BCUT2D eigenvalue weighted by Crippen LogP contribution is 2.21. The Labute approximate surface area is 137 Å². The normalized spacial score (nSPS) is 21.0. The highest BCUT2D eigenvalue weighted by molar-refractivity contribution is 6.31. The molecule has 0 aliphatic carbocycles. The number of likely N-dealkylation sites (tertiary alicyclic amines) is 1. The third-order valence-electron chi connectivity index (χ3n) is 4.52. The van der Waals surface area contributed by atoms with Gasteiger partial charge in [-0.3, -0.25) is 9.69 Å². The van der Waals surface area contributed by atoms with Gasteiger partial charge < -0.3 is 9.64 Å². The molecule has 3 rings (SSSR count). The molecule has 1 amide bonds. The zero-order valence-corrected chi connectivity index (χ0v) is 13.5. The summed E-state index contributed by atoms with van der Waals surface area (Å²) in [5.41, 5.74) is 0.796. The highest BCUT2D eigenvalue weighted by Gasteiger charge is 2.27. The molecule has 2 aliphatic heterocycles. The summed E-state index contributed by atoms with van der Waals surface area (Å²) in [6.07, 6.45) is 3.74. The molecule has 2 heterocycles. The predicted molar refractivity (Wildman–Crippen MR) is 86.8 cm³/mol. The number of hydrogen-bond donors (Lipinski definition) is 0. The quantitative estimate of drug-likeness (QED) is 0.856. The Morgan fingerprint density at radius 1 is 1.14 bits per heavy atom. The lowest BCUT2D eigenvalue weighted by atomic mass is 10.0. The van der Waals surface area contributed by atoms with Crippen molar-refractivity contribution in [3.63, 3.8) is 0 Å². The number of ether oxygens (including phenoxy) is 1. The fourth-order valence-corrected chi connectivity index (χ4v) is 3.40. The molecule has 119 valence electrons. The number of amides is 1. The van der Waals surface area contributed by atoms with Crippen molar-refractivity contribution in [1.82, 2.24) is 9.80 Å². The predicted octanol–water partition coefficient (Wildman–Crippen LogP) is 2.22. The van der Waals surface area contributed by atoms with Crippen LogP contribution in [0.1, 0.15) is 18.4 Å². The molecule has 22 heavy (non-hydrogen) atoms. The molecule has 1 radical (unpaired) electrons. The average Bonchev–Trinajstić information content (AvgIpc) is 2.58. The molecule has 0 N–H and O–H groups in total. The molecule has 0 aromatic heterocycles. The third-order valence-corrected chi connectivity index (χ3v) is 4.87. The molecule has 0 bridgehead atoms. The number of morpholine rings is 1. The van der Waals surface area contributed by atoms with E-state index >= 15 is 0 Å². The third kappa shape index (κ3) is 3.80. The van der Waals surface area contributed by atoms with Crippen LogP contribution in [0.5, 0.6) is 0 Å². The summed E-state index contributed by atoms with van der Waals surface area (Å²) < 4.78 is 5.40. The van der Waals surface area contributed by atoms with Crippen LogP contribution in [0, 0.1) is 6.42 Å². The second-order valence-electron chi connectivity index (χ2n) is 5.87. The number of halogens is 1. The van der Waals surface area contributed by atoms with Crippen LogP contribution in [0.3, 0.4) is 0 Å². The Hall–Kier alpha value is -1.10. The Morgan fingerprint density at radius 2 is 1.82 bits per heavy atom. The van der Waals surface area contributed by atoms with E-state index in [1.165, 1.54) is 0 Å². The van der Waals surface area contributed by atoms with E-state index in [0.717, 1.165) is 57.8 Å². The Morgan fingerprint density at radius 3 is 2.50 bits per heavy atom. The maximum atomic E-state index is 12.4. The maximum absolute atomic E-state index is 12.4. The fourth-order valence-electron chi connectivity index (χ4n) is 3.21. The van der Waals surface area contributed by atoms with Crippen LogP contribution in [0.15, 0.2) is 24.3 Å². The van der Waals surface area contributed by atoms with Crippen LogP contribution >= 0.6 is 11.6 Å². The van der Waals surface area contributed by atoms with E-state index in [-0.39, 0.29) is 5.91 Å². The molecular weight excluding hydrogens is 300 g/mol. The average molecular weight is 322 g/mol. The van der Waals surface area contributed by atoms with Crippen molar-refractivity contribution < 1.29 is 9.53 Å². The SMILES string of the molecule is O=C([CH]c1ccccc1Cl)N1CCC(N2CCOCC2)CC1. The molecule has 0 atom stereocenters. The lowest BCUT2D eigenvalue weighted by molar-refractivity contribution is -0.129. The van der Waals surface area contributed by atoms with Crippen LogP contribution < -0.4 is 0 Å². The van der Waals surface area contributed by atoms with Gasteiger partial charge in [0.1, 0.15) is 0 Å². The standard InChI is InChI=1S/C17H22ClN2O2/c18-16-4-2-1-3-14(16)13-17(21)20-7-5-15(6-8-20)19-9-11-22-12-10-19/h1-4,13,15H,5-12H2. The summed E-state index contributed by atoms with van der Waals surface area (Å²) in [5, 5.41) is 0.624. The first-order valence-electron chi connectivity index (χ1n) is 7.94. The van der Waals surface area contributed by atoms with Crippen LogP contribution in [0.2, 0.25) is 5.02 Å². The van der Waals surface area contributed by atoms with Gasteiger partial charge in [-0.25, -0.2) is 0 Å². The van der Waals surface area contributed by atoms with E-state index in [1.807, 2.05) is 29.2 Å². The van der Waals surface area contributed by atoms with E-state index in [9.17, 15) is 4.79 Å². The first kappa shape index (κ1) is 15.8. The Balaban J connectivity index is 1.50. The van der Waals surface area contributed by atoms with Crippen LogP contribution in [-0.2, 0) is 9.53 Å². The summed E-state index contributed by atoms with van der Waals surface area (Å²) in [5.74, 6) is 0.0635. The van der Waals surface area contributed by atoms with Crippen molar-refractivity contribution in [1.29, 1.82) is 0 Å².